The third kappa shape index (κ3) is 6.09. The smallest absolute Gasteiger partial charge is 0.348 e. The Balaban J connectivity index is 1.29. The Morgan fingerprint density at radius 2 is 1.26 bits per heavy atom. The van der Waals surface area contributed by atoms with E-state index < -0.39 is 35.5 Å². The SMILES string of the molecule is Cc1ccc(C(=O)C(c2nc3n(c2O)C(=NC(=O)Nc2ccc(Cl)cc2)N=N3)c2nc(O)c3n2C(=NC(=O)Nc2ccc(Cl)cc2)N=N3)cc1. The van der Waals surface area contributed by atoms with Crippen molar-refractivity contribution in [2.75, 3.05) is 10.6 Å². The van der Waals surface area contributed by atoms with Gasteiger partial charge < -0.3 is 20.8 Å². The van der Waals surface area contributed by atoms with Gasteiger partial charge in [-0.2, -0.15) is 15.0 Å². The Morgan fingerprint density at radius 3 is 1.84 bits per heavy atom. The van der Waals surface area contributed by atoms with Crippen molar-refractivity contribution in [2.45, 2.75) is 12.8 Å². The molecule has 0 bridgehead atoms. The van der Waals surface area contributed by atoms with Crippen LogP contribution in [-0.2, 0) is 0 Å². The van der Waals surface area contributed by atoms with Gasteiger partial charge in [0, 0.05) is 27.0 Å². The van der Waals surface area contributed by atoms with Crippen molar-refractivity contribution < 1.29 is 24.6 Å². The molecule has 3 aromatic carbocycles. The second-order valence-electron chi connectivity index (χ2n) is 10.7. The molecule has 5 aromatic rings. The van der Waals surface area contributed by atoms with Crippen LogP contribution in [0.2, 0.25) is 10.0 Å². The molecule has 0 fully saturated rings. The van der Waals surface area contributed by atoms with E-state index in [4.69, 9.17) is 23.2 Å². The number of urea groups is 2. The zero-order valence-electron chi connectivity index (χ0n) is 25.4. The van der Waals surface area contributed by atoms with Crippen LogP contribution in [0.5, 0.6) is 11.8 Å². The number of rotatable bonds is 6. The number of fused-ring (bicyclic) bond motifs is 2. The number of carbonyl (C=O) groups is 3. The number of imidazole rings is 2. The Labute approximate surface area is 290 Å². The molecule has 0 aliphatic carbocycles. The number of carbonyl (C=O) groups excluding carboxylic acids is 3. The number of aliphatic imine (C=N–C) groups is 2. The van der Waals surface area contributed by atoms with E-state index in [2.05, 4.69) is 51.0 Å². The summed E-state index contributed by atoms with van der Waals surface area (Å²) in [6.07, 6.45) is 0. The van der Waals surface area contributed by atoms with Gasteiger partial charge in [0.05, 0.1) is 0 Å². The van der Waals surface area contributed by atoms with Gasteiger partial charge in [-0.3, -0.25) is 4.79 Å². The third-order valence-corrected chi connectivity index (χ3v) is 7.81. The Hall–Kier alpha value is -6.59. The molecular formula is C31H20Cl2N12O5. The molecule has 2 aromatic heterocycles. The number of benzene rings is 3. The summed E-state index contributed by atoms with van der Waals surface area (Å²) in [7, 11) is 0. The zero-order valence-corrected chi connectivity index (χ0v) is 26.9. The molecule has 248 valence electrons. The standard InChI is InChI=1S/C31H20Cl2N12O5/c1-14-2-4-15(5-3-14)22(46)20(21-26(48)45-27(36-21)42-43-29(45)39-31(50)35-19-12-8-17(33)9-13-19)23-37-25(47)24-40-41-28(44(23)24)38-30(49)34-18-10-6-16(32)7-11-18/h2-13,20,47-48H,1H3,(H,34,49)(H,35,50). The summed E-state index contributed by atoms with van der Waals surface area (Å²) in [6, 6.07) is 17.4. The zero-order chi connectivity index (χ0) is 35.1. The number of hydrogen-bond acceptors (Lipinski definition) is 9. The largest absolute Gasteiger partial charge is 0.493 e. The van der Waals surface area contributed by atoms with Gasteiger partial charge in [0.1, 0.15) is 17.4 Å². The minimum Gasteiger partial charge on any atom is -0.493 e. The van der Waals surface area contributed by atoms with E-state index in [0.29, 0.717) is 21.4 Å². The van der Waals surface area contributed by atoms with Crippen molar-refractivity contribution >= 4 is 76.1 Å². The molecule has 4 heterocycles. The lowest BCUT2D eigenvalue weighted by Gasteiger charge is -2.15. The molecule has 19 heteroatoms. The molecule has 50 heavy (non-hydrogen) atoms. The summed E-state index contributed by atoms with van der Waals surface area (Å²) < 4.78 is 2.05. The molecule has 4 N–H and O–H groups in total. The predicted octanol–water partition coefficient (Wildman–Crippen LogP) is 7.19. The minimum atomic E-state index is -1.57. The lowest BCUT2D eigenvalue weighted by Crippen LogP contribution is -2.23. The van der Waals surface area contributed by atoms with Gasteiger partial charge in [-0.1, -0.05) is 53.0 Å². The topological polar surface area (TPSA) is 226 Å². The monoisotopic (exact) mass is 710 g/mol. The summed E-state index contributed by atoms with van der Waals surface area (Å²) in [5.74, 6) is -4.87. The lowest BCUT2D eigenvalue weighted by atomic mass is 9.93. The van der Waals surface area contributed by atoms with E-state index in [-0.39, 0.29) is 40.8 Å². The fraction of sp³-hybridized carbons (Fsp3) is 0.0645. The van der Waals surface area contributed by atoms with E-state index in [1.54, 1.807) is 72.8 Å². The summed E-state index contributed by atoms with van der Waals surface area (Å²) in [6.45, 7) is 1.84. The van der Waals surface area contributed by atoms with Gasteiger partial charge in [0.15, 0.2) is 5.78 Å². The highest BCUT2D eigenvalue weighted by molar-refractivity contribution is 6.31. The van der Waals surface area contributed by atoms with Crippen molar-refractivity contribution in [3.8, 4) is 11.8 Å². The first kappa shape index (κ1) is 32.0. The molecular weight excluding hydrogens is 691 g/mol. The fourth-order valence-corrected chi connectivity index (χ4v) is 5.23. The number of amides is 4. The quantitative estimate of drug-likeness (QED) is 0.132. The first-order valence-electron chi connectivity index (χ1n) is 14.4. The van der Waals surface area contributed by atoms with Crippen LogP contribution in [0.3, 0.4) is 0 Å². The molecule has 1 atom stereocenters. The molecule has 0 radical (unpaired) electrons. The second kappa shape index (κ2) is 12.8. The number of nitrogens with one attached hydrogen (secondary N) is 2. The first-order valence-corrected chi connectivity index (χ1v) is 15.2. The maximum atomic E-state index is 14.3. The van der Waals surface area contributed by atoms with Crippen molar-refractivity contribution in [1.29, 1.82) is 0 Å². The number of anilines is 2. The highest BCUT2D eigenvalue weighted by Crippen LogP contribution is 2.42. The number of Topliss-reactive ketones (excluding diaryl/α,β-unsaturated/α-hetero) is 1. The highest BCUT2D eigenvalue weighted by atomic mass is 35.5. The van der Waals surface area contributed by atoms with Crippen LogP contribution in [0.25, 0.3) is 0 Å². The third-order valence-electron chi connectivity index (χ3n) is 7.31. The van der Waals surface area contributed by atoms with Crippen LogP contribution in [0.4, 0.5) is 32.7 Å². The van der Waals surface area contributed by atoms with E-state index in [9.17, 15) is 24.6 Å². The summed E-state index contributed by atoms with van der Waals surface area (Å²) in [5.41, 5.74) is 1.54. The Morgan fingerprint density at radius 1 is 0.720 bits per heavy atom. The van der Waals surface area contributed by atoms with E-state index >= 15 is 0 Å². The molecule has 2 aliphatic rings. The van der Waals surface area contributed by atoms with E-state index in [0.717, 1.165) is 14.7 Å². The number of nitrogens with zero attached hydrogens (tertiary/aromatic N) is 10. The van der Waals surface area contributed by atoms with Crippen LogP contribution in [0.15, 0.2) is 103 Å². The van der Waals surface area contributed by atoms with Crippen LogP contribution in [0, 0.1) is 6.92 Å². The average molecular weight is 711 g/mol. The molecule has 17 nitrogen and oxygen atoms in total. The van der Waals surface area contributed by atoms with E-state index in [1.165, 1.54) is 0 Å². The fourth-order valence-electron chi connectivity index (χ4n) is 4.97. The van der Waals surface area contributed by atoms with Crippen LogP contribution in [0.1, 0.15) is 33.4 Å². The van der Waals surface area contributed by atoms with Crippen molar-refractivity contribution in [1.82, 2.24) is 19.1 Å². The molecule has 4 amide bonds. The number of azo groups is 2. The Bertz CT molecular complexity index is 2330. The average Bonchev–Trinajstić information content (AvgIpc) is 3.84. The number of aromatic nitrogens is 4. The molecule has 7 rings (SSSR count). The van der Waals surface area contributed by atoms with Crippen molar-refractivity contribution in [2.24, 2.45) is 30.4 Å². The molecule has 0 saturated heterocycles. The number of halogens is 2. The number of aryl methyl sites for hydroxylation is 1. The maximum absolute atomic E-state index is 14.3. The van der Waals surface area contributed by atoms with Gasteiger partial charge in [-0.05, 0) is 55.5 Å². The normalized spacial score (nSPS) is 14.9. The lowest BCUT2D eigenvalue weighted by molar-refractivity contribution is 0.0968. The maximum Gasteiger partial charge on any atom is 0.348 e. The number of ketones is 1. The number of aromatic hydroxyl groups is 2. The summed E-state index contributed by atoms with van der Waals surface area (Å²) >= 11 is 11.8. The molecule has 2 aliphatic heterocycles. The second-order valence-corrected chi connectivity index (χ2v) is 11.5. The minimum absolute atomic E-state index is 0.189. The van der Waals surface area contributed by atoms with Crippen molar-refractivity contribution in [3.05, 3.63) is 105 Å². The molecule has 1 unspecified atom stereocenters. The van der Waals surface area contributed by atoms with Gasteiger partial charge >= 0.3 is 12.1 Å². The van der Waals surface area contributed by atoms with Crippen molar-refractivity contribution in [3.63, 3.8) is 0 Å². The first-order chi connectivity index (χ1) is 24.0. The predicted molar refractivity (Wildman–Crippen MR) is 181 cm³/mol. The highest BCUT2D eigenvalue weighted by Gasteiger charge is 2.40. The molecule has 0 saturated carbocycles. The summed E-state index contributed by atoms with van der Waals surface area (Å²) in [4.78, 5) is 56.3. The van der Waals surface area contributed by atoms with Crippen LogP contribution < -0.4 is 10.6 Å². The van der Waals surface area contributed by atoms with Gasteiger partial charge in [-0.15, -0.1) is 20.5 Å². The van der Waals surface area contributed by atoms with Gasteiger partial charge in [-0.25, -0.2) is 23.7 Å². The Kier molecular flexibility index (Phi) is 8.18. The van der Waals surface area contributed by atoms with Gasteiger partial charge in [0.2, 0.25) is 11.7 Å². The van der Waals surface area contributed by atoms with E-state index in [1.807, 2.05) is 6.92 Å². The molecule has 0 spiro atoms. The summed E-state index contributed by atoms with van der Waals surface area (Å²) in [5, 5.41) is 43.9. The van der Waals surface area contributed by atoms with Gasteiger partial charge in [0.25, 0.3) is 23.7 Å². The number of hydrogen-bond donors (Lipinski definition) is 4. The van der Waals surface area contributed by atoms with Crippen LogP contribution >= 0.6 is 23.2 Å². The van der Waals surface area contributed by atoms with Crippen LogP contribution in [-0.4, -0.2) is 59.1 Å².